The van der Waals surface area contributed by atoms with E-state index >= 15 is 0 Å². The summed E-state index contributed by atoms with van der Waals surface area (Å²) in [5.74, 6) is -1.28. The predicted molar refractivity (Wildman–Crippen MR) is 114 cm³/mol. The average molecular weight is 440 g/mol. The van der Waals surface area contributed by atoms with E-state index < -0.39 is 23.3 Å². The maximum absolute atomic E-state index is 14.5. The Bertz CT molecular complexity index is 1210. The lowest BCUT2D eigenvalue weighted by molar-refractivity contribution is -0.0197. The number of halogens is 2. The number of rotatable bonds is 7. The standard InChI is InChI=1S/C23H22F2N4O3/c1-13(2)9-23(3,32-22(27)30)12-31-21-14(10-26)6-15(11-29-21)17-4-5-28-19-8-16(24)7-18(25)20(17)19/h4-8,11,13H,9,12H2,1-3H3,(H2,27,30). The van der Waals surface area contributed by atoms with Crippen LogP contribution in [-0.2, 0) is 4.74 Å². The molecule has 3 aromatic rings. The Labute approximate surface area is 183 Å². The maximum Gasteiger partial charge on any atom is 0.405 e. The van der Waals surface area contributed by atoms with Crippen LogP contribution in [0, 0.1) is 28.9 Å². The van der Waals surface area contributed by atoms with Crippen molar-refractivity contribution in [1.82, 2.24) is 9.97 Å². The van der Waals surface area contributed by atoms with Gasteiger partial charge in [0.05, 0.1) is 5.52 Å². The number of nitrogens with zero attached hydrogens (tertiary/aromatic N) is 3. The molecular formula is C23H22F2N4O3. The van der Waals surface area contributed by atoms with Crippen molar-refractivity contribution in [3.63, 3.8) is 0 Å². The Hall–Kier alpha value is -3.80. The molecule has 0 saturated heterocycles. The minimum absolute atomic E-state index is 0.0316. The highest BCUT2D eigenvalue weighted by Gasteiger charge is 2.31. The quantitative estimate of drug-likeness (QED) is 0.569. The molecule has 0 spiro atoms. The Morgan fingerprint density at radius 3 is 2.69 bits per heavy atom. The smallest absolute Gasteiger partial charge is 0.405 e. The van der Waals surface area contributed by atoms with Gasteiger partial charge in [-0.05, 0) is 37.0 Å². The number of aromatic nitrogens is 2. The van der Waals surface area contributed by atoms with Gasteiger partial charge in [0.15, 0.2) is 0 Å². The van der Waals surface area contributed by atoms with E-state index in [4.69, 9.17) is 15.2 Å². The highest BCUT2D eigenvalue weighted by atomic mass is 19.1. The van der Waals surface area contributed by atoms with Gasteiger partial charge in [-0.1, -0.05) is 13.8 Å². The van der Waals surface area contributed by atoms with E-state index in [1.165, 1.54) is 18.5 Å². The van der Waals surface area contributed by atoms with Crippen LogP contribution in [0.2, 0.25) is 0 Å². The van der Waals surface area contributed by atoms with Crippen molar-refractivity contribution in [1.29, 1.82) is 5.26 Å². The fraction of sp³-hybridized carbons (Fsp3) is 0.304. The average Bonchev–Trinajstić information content (AvgIpc) is 2.70. The zero-order valence-corrected chi connectivity index (χ0v) is 17.9. The summed E-state index contributed by atoms with van der Waals surface area (Å²) in [5.41, 5.74) is 5.26. The fourth-order valence-electron chi connectivity index (χ4n) is 3.70. The van der Waals surface area contributed by atoms with E-state index in [1.807, 2.05) is 19.9 Å². The highest BCUT2D eigenvalue weighted by Crippen LogP contribution is 2.32. The SMILES string of the molecule is CC(C)CC(C)(COc1ncc(-c2ccnc3cc(F)cc(F)c23)cc1C#N)OC(N)=O. The Balaban J connectivity index is 1.95. The molecule has 2 aromatic heterocycles. The summed E-state index contributed by atoms with van der Waals surface area (Å²) in [6, 6.07) is 6.97. The summed E-state index contributed by atoms with van der Waals surface area (Å²) >= 11 is 0. The molecule has 1 aromatic carbocycles. The lowest BCUT2D eigenvalue weighted by Crippen LogP contribution is -2.41. The van der Waals surface area contributed by atoms with Gasteiger partial charge in [0.2, 0.25) is 5.88 Å². The minimum Gasteiger partial charge on any atom is -0.472 e. The first-order valence-corrected chi connectivity index (χ1v) is 9.87. The second-order valence-corrected chi connectivity index (χ2v) is 8.09. The van der Waals surface area contributed by atoms with Crippen molar-refractivity contribution < 1.29 is 23.0 Å². The molecule has 9 heteroatoms. The first kappa shape index (κ1) is 22.9. The van der Waals surface area contributed by atoms with Crippen LogP contribution < -0.4 is 10.5 Å². The van der Waals surface area contributed by atoms with Crippen molar-refractivity contribution in [3.05, 3.63) is 53.9 Å². The third kappa shape index (κ3) is 5.09. The Morgan fingerprint density at radius 1 is 1.28 bits per heavy atom. The molecule has 0 aliphatic rings. The van der Waals surface area contributed by atoms with Gasteiger partial charge in [-0.3, -0.25) is 4.98 Å². The van der Waals surface area contributed by atoms with Crippen LogP contribution in [0.1, 0.15) is 32.8 Å². The molecule has 3 rings (SSSR count). The number of nitriles is 1. The lowest BCUT2D eigenvalue weighted by Gasteiger charge is -2.30. The summed E-state index contributed by atoms with van der Waals surface area (Å²) < 4.78 is 39.0. The monoisotopic (exact) mass is 440 g/mol. The largest absolute Gasteiger partial charge is 0.472 e. The fourth-order valence-corrected chi connectivity index (χ4v) is 3.70. The first-order valence-electron chi connectivity index (χ1n) is 9.87. The van der Waals surface area contributed by atoms with Crippen LogP contribution in [0.3, 0.4) is 0 Å². The zero-order chi connectivity index (χ0) is 23.5. The van der Waals surface area contributed by atoms with Gasteiger partial charge in [-0.25, -0.2) is 18.6 Å². The van der Waals surface area contributed by atoms with Gasteiger partial charge in [0.1, 0.15) is 35.5 Å². The topological polar surface area (TPSA) is 111 Å². The molecule has 166 valence electrons. The van der Waals surface area contributed by atoms with Crippen molar-refractivity contribution in [3.8, 4) is 23.1 Å². The number of nitrogens with two attached hydrogens (primary N) is 1. The van der Waals surface area contributed by atoms with E-state index in [9.17, 15) is 18.8 Å². The number of carbonyl (C=O) groups is 1. The van der Waals surface area contributed by atoms with E-state index in [-0.39, 0.29) is 34.9 Å². The van der Waals surface area contributed by atoms with E-state index in [0.29, 0.717) is 17.5 Å². The first-order chi connectivity index (χ1) is 15.1. The molecule has 0 radical (unpaired) electrons. The molecule has 0 bridgehead atoms. The van der Waals surface area contributed by atoms with Gasteiger partial charge < -0.3 is 15.2 Å². The third-order valence-electron chi connectivity index (χ3n) is 4.74. The van der Waals surface area contributed by atoms with Crippen LogP contribution in [0.15, 0.2) is 36.7 Å². The highest BCUT2D eigenvalue weighted by molar-refractivity contribution is 5.94. The van der Waals surface area contributed by atoms with E-state index in [1.54, 1.807) is 13.0 Å². The number of hydrogen-bond acceptors (Lipinski definition) is 6. The number of amides is 1. The summed E-state index contributed by atoms with van der Waals surface area (Å²) in [4.78, 5) is 19.5. The third-order valence-corrected chi connectivity index (χ3v) is 4.74. The normalized spacial score (nSPS) is 12.9. The van der Waals surface area contributed by atoms with Crippen LogP contribution in [0.4, 0.5) is 13.6 Å². The van der Waals surface area contributed by atoms with Crippen LogP contribution in [0.25, 0.3) is 22.0 Å². The van der Waals surface area contributed by atoms with Crippen LogP contribution >= 0.6 is 0 Å². The summed E-state index contributed by atoms with van der Waals surface area (Å²) in [6.07, 6.45) is 2.39. The van der Waals surface area contributed by atoms with E-state index in [0.717, 1.165) is 12.1 Å². The lowest BCUT2D eigenvalue weighted by atomic mass is 9.95. The molecule has 0 fully saturated rings. The van der Waals surface area contributed by atoms with Gasteiger partial charge in [-0.15, -0.1) is 0 Å². The van der Waals surface area contributed by atoms with Gasteiger partial charge in [0.25, 0.3) is 0 Å². The summed E-state index contributed by atoms with van der Waals surface area (Å²) in [6.45, 7) is 5.53. The molecule has 7 nitrogen and oxygen atoms in total. The number of benzene rings is 1. The molecule has 0 aliphatic carbocycles. The van der Waals surface area contributed by atoms with Crippen molar-refractivity contribution in [2.45, 2.75) is 32.8 Å². The van der Waals surface area contributed by atoms with Gasteiger partial charge >= 0.3 is 6.09 Å². The molecular weight excluding hydrogens is 418 g/mol. The second kappa shape index (κ2) is 9.14. The maximum atomic E-state index is 14.5. The molecule has 0 saturated carbocycles. The van der Waals surface area contributed by atoms with Crippen molar-refractivity contribution >= 4 is 17.0 Å². The molecule has 2 N–H and O–H groups in total. The molecule has 1 atom stereocenters. The number of primary amides is 1. The van der Waals surface area contributed by atoms with Crippen LogP contribution in [0.5, 0.6) is 5.88 Å². The molecule has 1 unspecified atom stereocenters. The molecule has 0 aliphatic heterocycles. The van der Waals surface area contributed by atoms with Gasteiger partial charge in [0, 0.05) is 35.5 Å². The summed E-state index contributed by atoms with van der Waals surface area (Å²) in [5, 5.41) is 9.72. The molecule has 32 heavy (non-hydrogen) atoms. The number of hydrogen-bond donors (Lipinski definition) is 1. The van der Waals surface area contributed by atoms with Crippen LogP contribution in [-0.4, -0.2) is 28.3 Å². The van der Waals surface area contributed by atoms with Crippen molar-refractivity contribution in [2.75, 3.05) is 6.61 Å². The zero-order valence-electron chi connectivity index (χ0n) is 17.9. The Morgan fingerprint density at radius 2 is 2.03 bits per heavy atom. The second-order valence-electron chi connectivity index (χ2n) is 8.09. The molecule has 1 amide bonds. The van der Waals surface area contributed by atoms with E-state index in [2.05, 4.69) is 9.97 Å². The minimum atomic E-state index is -1.01. The predicted octanol–water partition coefficient (Wildman–Crippen LogP) is 4.73. The Kier molecular flexibility index (Phi) is 6.53. The van der Waals surface area contributed by atoms with Gasteiger partial charge in [-0.2, -0.15) is 5.26 Å². The number of fused-ring (bicyclic) bond motifs is 1. The number of ether oxygens (including phenoxy) is 2. The molecule has 2 heterocycles. The number of carbonyl (C=O) groups excluding carboxylic acids is 1. The van der Waals surface area contributed by atoms with Crippen molar-refractivity contribution in [2.24, 2.45) is 11.7 Å². The summed E-state index contributed by atoms with van der Waals surface area (Å²) in [7, 11) is 0. The number of pyridine rings is 2.